The van der Waals surface area contributed by atoms with Crippen LogP contribution in [0.2, 0.25) is 18.1 Å². The topological polar surface area (TPSA) is 65.1 Å². The lowest BCUT2D eigenvalue weighted by Gasteiger charge is -2.49. The number of rotatable bonds is 15. The Bertz CT molecular complexity index is 1720. The predicted molar refractivity (Wildman–Crippen MR) is 211 cm³/mol. The van der Waals surface area contributed by atoms with E-state index in [0.717, 1.165) is 35.0 Å². The van der Waals surface area contributed by atoms with Gasteiger partial charge in [0.15, 0.2) is 8.32 Å². The third-order valence-corrected chi connectivity index (χ3v) is 20.5. The quantitative estimate of drug-likeness (QED) is 0.0542. The number of carbonyl (C=O) groups excluding carboxylic acids is 2. The maximum absolute atomic E-state index is 14.5. The van der Waals surface area contributed by atoms with E-state index in [1.165, 1.54) is 15.9 Å². The number of hydrogen-bond acceptors (Lipinski definition) is 5. The van der Waals surface area contributed by atoms with Gasteiger partial charge in [-0.3, -0.25) is 4.79 Å². The lowest BCUT2D eigenvalue weighted by molar-refractivity contribution is -0.163. The fourth-order valence-electron chi connectivity index (χ4n) is 8.26. The molecule has 51 heavy (non-hydrogen) atoms. The van der Waals surface area contributed by atoms with Crippen molar-refractivity contribution in [3.05, 3.63) is 132 Å². The van der Waals surface area contributed by atoms with Gasteiger partial charge >= 0.3 is 5.97 Å². The molecule has 1 amide bonds. The van der Waals surface area contributed by atoms with Gasteiger partial charge in [-0.15, -0.1) is 0 Å². The minimum Gasteiger partial charge on any atom is -0.497 e. The van der Waals surface area contributed by atoms with Gasteiger partial charge in [-0.2, -0.15) is 0 Å². The second-order valence-corrected chi connectivity index (χ2v) is 22.1. The molecule has 1 saturated heterocycles. The first-order valence-electron chi connectivity index (χ1n) is 18.3. The van der Waals surface area contributed by atoms with Crippen LogP contribution in [0, 0.1) is 11.8 Å². The predicted octanol–water partition coefficient (Wildman–Crippen LogP) is 7.87. The standard InChI is InChI=1S/C43H51NO5PSi/c1-7-51(8-2,9-3)49-32(5)39-40-31(4)38(41(44(40)42(39)45)43(46)48-29-33-25-27-34(47-6)28-26-33)30-50(35-19-13-10-14-20-35,36-21-15-11-16-22-36)37-23-17-12-18-24-37/h10-28,31-32,39-40H,7-9,29-30H2,1-6H3/q+1/t31-,32+,39+,40+/m0/s1. The average Bonchev–Trinajstić information content (AvgIpc) is 3.43. The van der Waals surface area contributed by atoms with E-state index in [1.54, 1.807) is 12.0 Å². The maximum atomic E-state index is 14.5. The van der Waals surface area contributed by atoms with Crippen molar-refractivity contribution in [3.63, 3.8) is 0 Å². The number of esters is 1. The van der Waals surface area contributed by atoms with Gasteiger partial charge in [0, 0.05) is 11.5 Å². The normalized spacial score (nSPS) is 19.4. The number of benzene rings is 4. The summed E-state index contributed by atoms with van der Waals surface area (Å²) < 4.78 is 18.3. The second kappa shape index (κ2) is 15.7. The molecule has 0 aromatic heterocycles. The van der Waals surface area contributed by atoms with Crippen molar-refractivity contribution >= 4 is 43.4 Å². The molecule has 0 radical (unpaired) electrons. The Morgan fingerprint density at radius 2 is 1.27 bits per heavy atom. The molecule has 2 heterocycles. The van der Waals surface area contributed by atoms with Crippen LogP contribution >= 0.6 is 7.26 Å². The molecule has 0 N–H and O–H groups in total. The Morgan fingerprint density at radius 1 is 0.784 bits per heavy atom. The van der Waals surface area contributed by atoms with Crippen LogP contribution in [-0.4, -0.2) is 50.5 Å². The van der Waals surface area contributed by atoms with E-state index in [0.29, 0.717) is 11.9 Å². The molecule has 4 aromatic carbocycles. The van der Waals surface area contributed by atoms with Gasteiger partial charge in [0.2, 0.25) is 5.91 Å². The number of fused-ring (bicyclic) bond motifs is 1. The van der Waals surface area contributed by atoms with Crippen LogP contribution < -0.4 is 20.7 Å². The summed E-state index contributed by atoms with van der Waals surface area (Å²) in [5.41, 5.74) is 2.24. The van der Waals surface area contributed by atoms with Crippen LogP contribution in [0.15, 0.2) is 127 Å². The number of amides is 1. The average molecular weight is 721 g/mol. The molecule has 6 nitrogen and oxygen atoms in total. The Labute approximate surface area is 305 Å². The molecular weight excluding hydrogens is 670 g/mol. The molecule has 0 aliphatic carbocycles. The van der Waals surface area contributed by atoms with Crippen molar-refractivity contribution in [1.82, 2.24) is 4.90 Å². The summed E-state index contributed by atoms with van der Waals surface area (Å²) in [5.74, 6) is -0.155. The maximum Gasteiger partial charge on any atom is 0.355 e. The molecular formula is C43H51NO5PSi+. The van der Waals surface area contributed by atoms with E-state index in [-0.39, 0.29) is 36.5 Å². The fourth-order valence-corrected chi connectivity index (χ4v) is 15.6. The second-order valence-electron chi connectivity index (χ2n) is 13.9. The summed E-state index contributed by atoms with van der Waals surface area (Å²) in [6.45, 7) is 11.0. The van der Waals surface area contributed by atoms with Crippen LogP contribution in [0.1, 0.15) is 40.2 Å². The van der Waals surface area contributed by atoms with Crippen LogP contribution in [0.3, 0.4) is 0 Å². The minimum atomic E-state index is -2.38. The Balaban J connectivity index is 1.46. The van der Waals surface area contributed by atoms with Crippen molar-refractivity contribution < 1.29 is 23.5 Å². The Hall–Kier alpha value is -4.03. The van der Waals surface area contributed by atoms with E-state index in [4.69, 9.17) is 13.9 Å². The first-order valence-corrected chi connectivity index (χ1v) is 22.8. The number of β-lactam (4-membered cyclic amide) rings is 1. The number of nitrogens with zero attached hydrogens (tertiary/aromatic N) is 1. The van der Waals surface area contributed by atoms with E-state index < -0.39 is 21.5 Å². The molecule has 0 bridgehead atoms. The highest BCUT2D eigenvalue weighted by Crippen LogP contribution is 2.60. The highest BCUT2D eigenvalue weighted by molar-refractivity contribution is 7.95. The zero-order chi connectivity index (χ0) is 36.2. The molecule has 0 saturated carbocycles. The molecule has 6 rings (SSSR count). The largest absolute Gasteiger partial charge is 0.497 e. The Morgan fingerprint density at radius 3 is 1.73 bits per heavy atom. The summed E-state index contributed by atoms with van der Waals surface area (Å²) in [6.07, 6.45) is 0.375. The van der Waals surface area contributed by atoms with Crippen molar-refractivity contribution in [1.29, 1.82) is 0 Å². The first-order chi connectivity index (χ1) is 24.7. The monoisotopic (exact) mass is 720 g/mol. The summed E-state index contributed by atoms with van der Waals surface area (Å²) in [4.78, 5) is 30.6. The van der Waals surface area contributed by atoms with E-state index in [2.05, 4.69) is 126 Å². The van der Waals surface area contributed by atoms with Crippen molar-refractivity contribution in [3.8, 4) is 5.75 Å². The first kappa shape index (κ1) is 36.7. The van der Waals surface area contributed by atoms with Crippen LogP contribution in [0.5, 0.6) is 5.75 Å². The third kappa shape index (κ3) is 6.84. The van der Waals surface area contributed by atoms with Crippen molar-refractivity contribution in [2.45, 2.75) is 71.5 Å². The minimum absolute atomic E-state index is 0.0416. The van der Waals surface area contributed by atoms with Crippen LogP contribution in [0.4, 0.5) is 0 Å². The number of methoxy groups -OCH3 is 1. The van der Waals surface area contributed by atoms with Gasteiger partial charge < -0.3 is 18.8 Å². The zero-order valence-electron chi connectivity index (χ0n) is 30.8. The van der Waals surface area contributed by atoms with Crippen LogP contribution in [0.25, 0.3) is 0 Å². The molecule has 2 aliphatic rings. The molecule has 266 valence electrons. The molecule has 1 fully saturated rings. The van der Waals surface area contributed by atoms with Gasteiger partial charge in [-0.1, -0.05) is 94.4 Å². The smallest absolute Gasteiger partial charge is 0.355 e. The number of hydrogen-bond donors (Lipinski definition) is 0. The van der Waals surface area contributed by atoms with Gasteiger partial charge in [0.25, 0.3) is 0 Å². The highest BCUT2D eigenvalue weighted by atomic mass is 31.2. The van der Waals surface area contributed by atoms with E-state index in [9.17, 15) is 9.59 Å². The molecule has 4 aromatic rings. The third-order valence-electron chi connectivity index (χ3n) is 11.4. The van der Waals surface area contributed by atoms with Crippen LogP contribution in [-0.2, 0) is 25.4 Å². The zero-order valence-corrected chi connectivity index (χ0v) is 32.6. The van der Waals surface area contributed by atoms with Crippen molar-refractivity contribution in [2.24, 2.45) is 11.8 Å². The molecule has 2 aliphatic heterocycles. The number of ether oxygens (including phenoxy) is 2. The summed E-state index contributed by atoms with van der Waals surface area (Å²) in [5, 5.41) is 3.68. The fraction of sp³-hybridized carbons (Fsp3) is 0.349. The van der Waals surface area contributed by atoms with Gasteiger partial charge in [0.1, 0.15) is 41.2 Å². The van der Waals surface area contributed by atoms with Crippen molar-refractivity contribution in [2.75, 3.05) is 13.3 Å². The van der Waals surface area contributed by atoms with Gasteiger partial charge in [-0.05, 0) is 79.2 Å². The van der Waals surface area contributed by atoms with Gasteiger partial charge in [0.05, 0.1) is 31.3 Å². The van der Waals surface area contributed by atoms with Gasteiger partial charge in [-0.25, -0.2) is 4.79 Å². The lowest BCUT2D eigenvalue weighted by atomic mass is 9.78. The summed E-state index contributed by atoms with van der Waals surface area (Å²) >= 11 is 0. The van der Waals surface area contributed by atoms with E-state index in [1.807, 2.05) is 24.3 Å². The summed E-state index contributed by atoms with van der Waals surface area (Å²) in [6, 6.07) is 42.5. The Kier molecular flexibility index (Phi) is 11.3. The highest BCUT2D eigenvalue weighted by Gasteiger charge is 2.63. The summed E-state index contributed by atoms with van der Waals surface area (Å²) in [7, 11) is -2.74. The molecule has 0 unspecified atom stereocenters. The molecule has 4 atom stereocenters. The SMILES string of the molecule is CC[Si](CC)(CC)O[C@H](C)[C@H]1C(=O)N2C(C(=O)OCc3ccc(OC)cc3)=C(C[P+](c3ccccc3)(c3ccccc3)c3ccccc3)[C@H](C)[C@H]12. The van der Waals surface area contributed by atoms with E-state index >= 15 is 0 Å². The molecule has 0 spiro atoms. The lowest BCUT2D eigenvalue weighted by Crippen LogP contribution is -2.65. The molecule has 8 heteroatoms. The number of carbonyl (C=O) groups is 2.